The molecule has 10 nitrogen and oxygen atoms in total. The van der Waals surface area contributed by atoms with E-state index in [-0.39, 0.29) is 42.0 Å². The molecule has 224 valence electrons. The van der Waals surface area contributed by atoms with Gasteiger partial charge in [-0.25, -0.2) is 31.4 Å². The highest BCUT2D eigenvalue weighted by Gasteiger charge is 2.39. The summed E-state index contributed by atoms with van der Waals surface area (Å²) in [4.78, 5) is 32.7. The Morgan fingerprint density at radius 1 is 1.07 bits per heavy atom. The zero-order valence-corrected chi connectivity index (χ0v) is 23.5. The molecule has 1 saturated carbocycles. The van der Waals surface area contributed by atoms with Crippen LogP contribution in [0.4, 0.5) is 23.7 Å². The molecule has 1 aromatic carbocycles. The number of hydrogen-bond donors (Lipinski definition) is 3. The Kier molecular flexibility index (Phi) is 9.46. The Morgan fingerprint density at radius 2 is 1.79 bits per heavy atom. The van der Waals surface area contributed by atoms with E-state index in [0.29, 0.717) is 12.0 Å². The van der Waals surface area contributed by atoms with Crippen LogP contribution in [0.25, 0.3) is 11.3 Å². The zero-order valence-electron chi connectivity index (χ0n) is 22.7. The number of nitrogens with zero attached hydrogens (tertiary/aromatic N) is 2. The maximum atomic E-state index is 14.5. The fraction of sp³-hybridized carbons (Fsp3) is 0.357. The summed E-state index contributed by atoms with van der Waals surface area (Å²) in [6, 6.07) is 6.00. The molecule has 2 aromatic heterocycles. The molecule has 42 heavy (non-hydrogen) atoms. The first kappa shape index (κ1) is 30.9. The number of anilines is 1. The maximum absolute atomic E-state index is 14.5. The minimum atomic E-state index is -3.27. The van der Waals surface area contributed by atoms with Gasteiger partial charge in [0.15, 0.2) is 0 Å². The summed E-state index contributed by atoms with van der Waals surface area (Å²) >= 11 is 0. The fourth-order valence-electron chi connectivity index (χ4n) is 5.21. The number of benzene rings is 1. The fourth-order valence-corrected chi connectivity index (χ4v) is 5.60. The summed E-state index contributed by atoms with van der Waals surface area (Å²) < 4.78 is 72.0. The first-order chi connectivity index (χ1) is 19.8. The standard InChI is InChI=1S/C28H29F3N4O6S/c1-15-12-16(13-22(35-28(37)38)26(15)41-10-11-42(2,39)40)17-8-9-32-14-23(17)34-27(36)21-7-6-20(31)25(33-21)24-18(29)4-3-5-19(24)30/h3-9,14-16,22,26,35H,10-13H2,1-2H3,(H,34,36)(H,37,38)/t15-,16+,22+,26-/m0/s1. The Bertz CT molecular complexity index is 1570. The number of pyridine rings is 2. The van der Waals surface area contributed by atoms with Crippen LogP contribution in [0.5, 0.6) is 0 Å². The van der Waals surface area contributed by atoms with E-state index < -0.39 is 62.7 Å². The molecular formula is C28H29F3N4O6S. The van der Waals surface area contributed by atoms with Crippen LogP contribution in [0.15, 0.2) is 48.8 Å². The van der Waals surface area contributed by atoms with E-state index in [1.165, 1.54) is 12.4 Å². The third kappa shape index (κ3) is 7.42. The Morgan fingerprint density at radius 3 is 2.45 bits per heavy atom. The molecule has 0 unspecified atom stereocenters. The SMILES string of the molecule is C[C@H]1C[C@@H](c2ccncc2NC(=O)c2ccc(F)c(-c3c(F)cccc3F)n2)C[C@@H](NC(=O)O)[C@H]1OCCS(C)(=O)=O. The number of sulfone groups is 1. The highest BCUT2D eigenvalue weighted by atomic mass is 32.2. The molecule has 14 heteroatoms. The first-order valence-electron chi connectivity index (χ1n) is 13.0. The molecule has 3 N–H and O–H groups in total. The Balaban J connectivity index is 1.57. The Hall–Kier alpha value is -4.04. The topological polar surface area (TPSA) is 148 Å². The molecule has 1 aliphatic rings. The van der Waals surface area contributed by atoms with Gasteiger partial charge in [0, 0.05) is 12.5 Å². The largest absolute Gasteiger partial charge is 0.465 e. The van der Waals surface area contributed by atoms with Gasteiger partial charge >= 0.3 is 6.09 Å². The third-order valence-corrected chi connectivity index (χ3v) is 7.95. The second-order valence-corrected chi connectivity index (χ2v) is 12.5. The minimum Gasteiger partial charge on any atom is -0.465 e. The normalized spacial score (nSPS) is 20.6. The van der Waals surface area contributed by atoms with Crippen molar-refractivity contribution in [3.63, 3.8) is 0 Å². The molecule has 0 bridgehead atoms. The van der Waals surface area contributed by atoms with E-state index in [1.54, 1.807) is 6.07 Å². The molecule has 1 aliphatic carbocycles. The number of rotatable bonds is 9. The van der Waals surface area contributed by atoms with Crippen molar-refractivity contribution in [2.24, 2.45) is 5.92 Å². The number of amides is 2. The predicted molar refractivity (Wildman–Crippen MR) is 147 cm³/mol. The summed E-state index contributed by atoms with van der Waals surface area (Å²) in [6.45, 7) is 1.77. The van der Waals surface area contributed by atoms with Gasteiger partial charge in [-0.2, -0.15) is 0 Å². The number of aromatic nitrogens is 2. The number of carboxylic acid groups (broad SMARTS) is 1. The van der Waals surface area contributed by atoms with Crippen LogP contribution < -0.4 is 10.6 Å². The van der Waals surface area contributed by atoms with Crippen LogP contribution in [-0.2, 0) is 14.6 Å². The average Bonchev–Trinajstić information content (AvgIpc) is 2.90. The van der Waals surface area contributed by atoms with Crippen LogP contribution in [0.1, 0.15) is 41.7 Å². The van der Waals surface area contributed by atoms with Crippen LogP contribution in [0, 0.1) is 23.4 Å². The lowest BCUT2D eigenvalue weighted by Gasteiger charge is -2.40. The molecule has 1 fully saturated rings. The molecule has 3 aromatic rings. The maximum Gasteiger partial charge on any atom is 0.404 e. The monoisotopic (exact) mass is 606 g/mol. The van der Waals surface area contributed by atoms with Gasteiger partial charge in [-0.15, -0.1) is 0 Å². The number of ether oxygens (including phenoxy) is 1. The van der Waals surface area contributed by atoms with Crippen molar-refractivity contribution in [1.82, 2.24) is 15.3 Å². The molecule has 2 heterocycles. The van der Waals surface area contributed by atoms with Crippen molar-refractivity contribution in [1.29, 1.82) is 0 Å². The summed E-state index contributed by atoms with van der Waals surface area (Å²) in [7, 11) is -3.27. The van der Waals surface area contributed by atoms with Crippen molar-refractivity contribution >= 4 is 27.5 Å². The quantitative estimate of drug-likeness (QED) is 0.325. The summed E-state index contributed by atoms with van der Waals surface area (Å²) in [5.41, 5.74) is -0.733. The minimum absolute atomic E-state index is 0.0870. The van der Waals surface area contributed by atoms with Gasteiger partial charge in [-0.3, -0.25) is 9.78 Å². The van der Waals surface area contributed by atoms with E-state index in [2.05, 4.69) is 20.6 Å². The number of nitrogens with one attached hydrogen (secondary N) is 2. The number of carbonyl (C=O) groups excluding carboxylic acids is 1. The van der Waals surface area contributed by atoms with E-state index in [4.69, 9.17) is 4.74 Å². The molecule has 0 spiro atoms. The van der Waals surface area contributed by atoms with Gasteiger partial charge in [0.05, 0.1) is 42.0 Å². The van der Waals surface area contributed by atoms with Crippen LogP contribution in [0.3, 0.4) is 0 Å². The number of carbonyl (C=O) groups is 2. The molecule has 2 amide bonds. The lowest BCUT2D eigenvalue weighted by atomic mass is 9.74. The molecule has 0 radical (unpaired) electrons. The first-order valence-corrected chi connectivity index (χ1v) is 15.0. The van der Waals surface area contributed by atoms with Crippen LogP contribution >= 0.6 is 0 Å². The van der Waals surface area contributed by atoms with Crippen molar-refractivity contribution in [3.05, 3.63) is 77.5 Å². The van der Waals surface area contributed by atoms with Crippen LogP contribution in [0.2, 0.25) is 0 Å². The van der Waals surface area contributed by atoms with Crippen molar-refractivity contribution in [3.8, 4) is 11.3 Å². The van der Waals surface area contributed by atoms with Gasteiger partial charge in [0.1, 0.15) is 38.7 Å². The van der Waals surface area contributed by atoms with E-state index in [9.17, 15) is 36.3 Å². The predicted octanol–water partition coefficient (Wildman–Crippen LogP) is 4.39. The average molecular weight is 607 g/mol. The second-order valence-electron chi connectivity index (χ2n) is 10.2. The Labute approximate surface area is 240 Å². The zero-order chi connectivity index (χ0) is 30.6. The van der Waals surface area contributed by atoms with Gasteiger partial charge < -0.3 is 20.5 Å². The van der Waals surface area contributed by atoms with Crippen molar-refractivity contribution in [2.45, 2.75) is 37.8 Å². The van der Waals surface area contributed by atoms with Gasteiger partial charge in [-0.1, -0.05) is 13.0 Å². The number of hydrogen-bond acceptors (Lipinski definition) is 7. The number of halogens is 3. The van der Waals surface area contributed by atoms with Gasteiger partial charge in [0.25, 0.3) is 5.91 Å². The molecular weight excluding hydrogens is 577 g/mol. The smallest absolute Gasteiger partial charge is 0.404 e. The molecule has 4 atom stereocenters. The summed E-state index contributed by atoms with van der Waals surface area (Å²) in [5, 5.41) is 14.6. The highest BCUT2D eigenvalue weighted by Crippen LogP contribution is 2.40. The lowest BCUT2D eigenvalue weighted by Crippen LogP contribution is -2.51. The van der Waals surface area contributed by atoms with Crippen LogP contribution in [-0.4, -0.2) is 66.3 Å². The third-order valence-electron chi connectivity index (χ3n) is 7.05. The van der Waals surface area contributed by atoms with Gasteiger partial charge in [0.2, 0.25) is 0 Å². The van der Waals surface area contributed by atoms with Gasteiger partial charge in [-0.05, 0) is 60.6 Å². The second kappa shape index (κ2) is 12.9. The lowest BCUT2D eigenvalue weighted by molar-refractivity contribution is -0.0237. The molecule has 0 saturated heterocycles. The van der Waals surface area contributed by atoms with E-state index >= 15 is 0 Å². The molecule has 0 aliphatic heterocycles. The van der Waals surface area contributed by atoms with Crippen molar-refractivity contribution < 1.29 is 41.0 Å². The highest BCUT2D eigenvalue weighted by molar-refractivity contribution is 7.90. The molecule has 4 rings (SSSR count). The van der Waals surface area contributed by atoms with E-state index in [1.807, 2.05) is 6.92 Å². The van der Waals surface area contributed by atoms with E-state index in [0.717, 1.165) is 36.6 Å². The summed E-state index contributed by atoms with van der Waals surface area (Å²) in [5.74, 6) is -4.55. The summed E-state index contributed by atoms with van der Waals surface area (Å²) in [6.07, 6.45) is 2.94. The van der Waals surface area contributed by atoms with Crippen molar-refractivity contribution in [2.75, 3.05) is 23.9 Å².